The molecular formula is C11H11N3OS. The fourth-order valence-electron chi connectivity index (χ4n) is 1.08. The molecule has 1 rings (SSSR count). The highest BCUT2D eigenvalue weighted by Crippen LogP contribution is 2.16. The van der Waals surface area contributed by atoms with Crippen molar-refractivity contribution in [3.05, 3.63) is 29.8 Å². The van der Waals surface area contributed by atoms with E-state index in [1.54, 1.807) is 24.3 Å². The number of hydrogen-bond acceptors (Lipinski definition) is 4. The van der Waals surface area contributed by atoms with Gasteiger partial charge in [0, 0.05) is 5.56 Å². The third-order valence-electron chi connectivity index (χ3n) is 1.84. The highest BCUT2D eigenvalue weighted by atomic mass is 32.2. The van der Waals surface area contributed by atoms with Gasteiger partial charge in [-0.25, -0.2) is 4.99 Å². The summed E-state index contributed by atoms with van der Waals surface area (Å²) in [5.74, 6) is -0.00371. The van der Waals surface area contributed by atoms with Gasteiger partial charge in [-0.3, -0.25) is 10.1 Å². The van der Waals surface area contributed by atoms with Gasteiger partial charge in [0.25, 0.3) is 0 Å². The number of nitriles is 1. The third kappa shape index (κ3) is 3.41. The number of ketones is 1. The van der Waals surface area contributed by atoms with E-state index in [0.29, 0.717) is 16.4 Å². The summed E-state index contributed by atoms with van der Waals surface area (Å²) >= 11 is 1.34. The Balaban J connectivity index is 3.00. The van der Waals surface area contributed by atoms with E-state index in [-0.39, 0.29) is 5.78 Å². The van der Waals surface area contributed by atoms with Crippen LogP contribution in [0, 0.1) is 11.5 Å². The first kappa shape index (κ1) is 12.3. The molecule has 0 spiro atoms. The lowest BCUT2D eigenvalue weighted by Crippen LogP contribution is -2.12. The third-order valence-corrected chi connectivity index (χ3v) is 2.42. The average Bonchev–Trinajstić information content (AvgIpc) is 2.29. The van der Waals surface area contributed by atoms with Crippen LogP contribution in [-0.2, 0) is 0 Å². The van der Waals surface area contributed by atoms with Crippen LogP contribution in [0.4, 0.5) is 5.69 Å². The highest BCUT2D eigenvalue weighted by molar-refractivity contribution is 8.13. The molecule has 0 bridgehead atoms. The van der Waals surface area contributed by atoms with Gasteiger partial charge < -0.3 is 0 Å². The van der Waals surface area contributed by atoms with Crippen LogP contribution in [0.25, 0.3) is 0 Å². The highest BCUT2D eigenvalue weighted by Gasteiger charge is 2.01. The van der Waals surface area contributed by atoms with Crippen LogP contribution in [0.3, 0.4) is 0 Å². The Kier molecular flexibility index (Phi) is 4.55. The largest absolute Gasteiger partial charge is 0.295 e. The lowest BCUT2D eigenvalue weighted by molar-refractivity contribution is 0.101. The standard InChI is InChI=1S/C11H11N3OS/c1-8(15)9-4-3-5-10(6-9)14-11(16-2)13-7-12/h3-6H,1-2H3,(H,13,14). The molecule has 16 heavy (non-hydrogen) atoms. The Bertz CT molecular complexity index is 463. The number of thioether (sulfide) groups is 1. The van der Waals surface area contributed by atoms with Crippen molar-refractivity contribution >= 4 is 28.4 Å². The summed E-state index contributed by atoms with van der Waals surface area (Å²) in [4.78, 5) is 15.4. The molecule has 4 nitrogen and oxygen atoms in total. The minimum atomic E-state index is -0.00371. The molecule has 5 heteroatoms. The van der Waals surface area contributed by atoms with Gasteiger partial charge >= 0.3 is 0 Å². The van der Waals surface area contributed by atoms with Crippen molar-refractivity contribution in [1.82, 2.24) is 5.32 Å². The van der Waals surface area contributed by atoms with Gasteiger partial charge in [0.1, 0.15) is 0 Å². The number of carbonyl (C=O) groups is 1. The van der Waals surface area contributed by atoms with E-state index < -0.39 is 0 Å². The molecular weight excluding hydrogens is 222 g/mol. The summed E-state index contributed by atoms with van der Waals surface area (Å²) in [5, 5.41) is 11.4. The first-order valence-electron chi connectivity index (χ1n) is 4.56. The second kappa shape index (κ2) is 5.93. The maximum atomic E-state index is 11.2. The quantitative estimate of drug-likeness (QED) is 0.280. The number of amidine groups is 1. The SMILES string of the molecule is CSC(=Nc1cccc(C(C)=O)c1)NC#N. The molecule has 82 valence electrons. The maximum Gasteiger partial charge on any atom is 0.183 e. The topological polar surface area (TPSA) is 65.2 Å². The molecule has 0 amide bonds. The number of carbonyl (C=O) groups excluding carboxylic acids is 1. The fourth-order valence-corrected chi connectivity index (χ4v) is 1.43. The molecule has 0 heterocycles. The Hall–Kier alpha value is -1.80. The van der Waals surface area contributed by atoms with E-state index in [2.05, 4.69) is 10.3 Å². The molecule has 1 aromatic carbocycles. The zero-order valence-corrected chi connectivity index (χ0v) is 9.84. The van der Waals surface area contributed by atoms with E-state index in [9.17, 15) is 4.79 Å². The van der Waals surface area contributed by atoms with Crippen molar-refractivity contribution < 1.29 is 4.79 Å². The predicted molar refractivity (Wildman–Crippen MR) is 65.8 cm³/mol. The maximum absolute atomic E-state index is 11.2. The number of hydrogen-bond donors (Lipinski definition) is 1. The van der Waals surface area contributed by atoms with Crippen molar-refractivity contribution in [3.8, 4) is 6.19 Å². The Morgan fingerprint density at radius 1 is 1.56 bits per heavy atom. The summed E-state index contributed by atoms with van der Waals surface area (Å²) in [5.41, 5.74) is 1.26. The van der Waals surface area contributed by atoms with Gasteiger partial charge in [-0.15, -0.1) is 0 Å². The van der Waals surface area contributed by atoms with Crippen molar-refractivity contribution in [2.75, 3.05) is 6.26 Å². The number of benzene rings is 1. The number of rotatable bonds is 2. The van der Waals surface area contributed by atoms with Crippen LogP contribution in [0.1, 0.15) is 17.3 Å². The molecule has 0 aromatic heterocycles. The fraction of sp³-hybridized carbons (Fsp3) is 0.182. The summed E-state index contributed by atoms with van der Waals surface area (Å²) in [6.07, 6.45) is 3.63. The van der Waals surface area contributed by atoms with Gasteiger partial charge in [-0.1, -0.05) is 23.9 Å². The number of nitrogens with one attached hydrogen (secondary N) is 1. The van der Waals surface area contributed by atoms with Crippen molar-refractivity contribution in [1.29, 1.82) is 5.26 Å². The van der Waals surface area contributed by atoms with Crippen molar-refractivity contribution in [3.63, 3.8) is 0 Å². The molecule has 0 unspecified atom stereocenters. The van der Waals surface area contributed by atoms with Crippen LogP contribution in [0.5, 0.6) is 0 Å². The second-order valence-corrected chi connectivity index (χ2v) is 3.76. The smallest absolute Gasteiger partial charge is 0.183 e. The monoisotopic (exact) mass is 233 g/mol. The van der Waals surface area contributed by atoms with Crippen LogP contribution in [-0.4, -0.2) is 17.2 Å². The Morgan fingerprint density at radius 3 is 2.88 bits per heavy atom. The Morgan fingerprint density at radius 2 is 2.31 bits per heavy atom. The van der Waals surface area contributed by atoms with E-state index in [1.165, 1.54) is 18.7 Å². The van der Waals surface area contributed by atoms with Gasteiger partial charge in [-0.05, 0) is 25.3 Å². The molecule has 0 saturated heterocycles. The van der Waals surface area contributed by atoms with Crippen LogP contribution in [0.15, 0.2) is 29.3 Å². The molecule has 0 atom stereocenters. The Labute approximate surface area is 98.4 Å². The number of Topliss-reactive ketones (excluding diaryl/α,β-unsaturated/α-hetero) is 1. The van der Waals surface area contributed by atoms with Crippen LogP contribution >= 0.6 is 11.8 Å². The zero-order chi connectivity index (χ0) is 12.0. The van der Waals surface area contributed by atoms with E-state index in [0.717, 1.165) is 0 Å². The molecule has 1 N–H and O–H groups in total. The first-order chi connectivity index (χ1) is 7.67. The molecule has 0 radical (unpaired) electrons. The summed E-state index contributed by atoms with van der Waals surface area (Å²) in [7, 11) is 0. The average molecular weight is 233 g/mol. The predicted octanol–water partition coefficient (Wildman–Crippen LogP) is 2.31. The van der Waals surface area contributed by atoms with Crippen LogP contribution < -0.4 is 5.32 Å². The van der Waals surface area contributed by atoms with E-state index >= 15 is 0 Å². The minimum absolute atomic E-state index is 0.00371. The van der Waals surface area contributed by atoms with Gasteiger partial charge in [0.05, 0.1) is 5.69 Å². The van der Waals surface area contributed by atoms with Gasteiger partial charge in [0.2, 0.25) is 0 Å². The lowest BCUT2D eigenvalue weighted by atomic mass is 10.1. The van der Waals surface area contributed by atoms with Crippen LogP contribution in [0.2, 0.25) is 0 Å². The summed E-state index contributed by atoms with van der Waals surface area (Å²) in [6.45, 7) is 1.51. The molecule has 1 aromatic rings. The molecule has 0 aliphatic heterocycles. The van der Waals surface area contributed by atoms with Crippen molar-refractivity contribution in [2.24, 2.45) is 4.99 Å². The first-order valence-corrected chi connectivity index (χ1v) is 5.78. The number of aliphatic imine (C=N–C) groups is 1. The summed E-state index contributed by atoms with van der Waals surface area (Å²) in [6, 6.07) is 6.97. The lowest BCUT2D eigenvalue weighted by Gasteiger charge is -2.01. The van der Waals surface area contributed by atoms with Gasteiger partial charge in [-0.2, -0.15) is 5.26 Å². The molecule has 0 saturated carbocycles. The van der Waals surface area contributed by atoms with Gasteiger partial charge in [0.15, 0.2) is 17.1 Å². The molecule has 0 aliphatic rings. The molecule has 0 aliphatic carbocycles. The van der Waals surface area contributed by atoms with E-state index in [4.69, 9.17) is 5.26 Å². The number of nitrogens with zero attached hydrogens (tertiary/aromatic N) is 2. The summed E-state index contributed by atoms with van der Waals surface area (Å²) < 4.78 is 0. The van der Waals surface area contributed by atoms with E-state index in [1.807, 2.05) is 12.4 Å². The zero-order valence-electron chi connectivity index (χ0n) is 9.02. The normalized spacial score (nSPS) is 10.7. The molecule has 0 fully saturated rings. The van der Waals surface area contributed by atoms with Crippen molar-refractivity contribution in [2.45, 2.75) is 6.92 Å². The minimum Gasteiger partial charge on any atom is -0.295 e. The second-order valence-electron chi connectivity index (χ2n) is 2.96.